The van der Waals surface area contributed by atoms with E-state index in [1.807, 2.05) is 0 Å². The van der Waals surface area contributed by atoms with E-state index in [1.165, 1.54) is 60.6 Å². The van der Waals surface area contributed by atoms with E-state index in [9.17, 15) is 13.2 Å². The van der Waals surface area contributed by atoms with Crippen LogP contribution in [0.15, 0.2) is 103 Å². The van der Waals surface area contributed by atoms with Crippen molar-refractivity contribution in [3.63, 3.8) is 0 Å². The lowest BCUT2D eigenvalue weighted by Gasteiger charge is -2.27. The van der Waals surface area contributed by atoms with Crippen LogP contribution in [-0.2, 0) is 10.1 Å². The molecule has 0 spiro atoms. The normalized spacial score (nSPS) is 12.2. The molecule has 8 heteroatoms. The van der Waals surface area contributed by atoms with Crippen LogP contribution in [0, 0.1) is 0 Å². The molecule has 0 saturated heterocycles. The standard InChI is InChI=1S/C29H36P.CHF3O3S/c1-2-3-4-5-6-7-8-9-19-26-30(27-20-13-10-14-21-27,28-22-15-11-16-23-28)29-24-17-12-18-25-29;2-1(3,4)8(5,6)7/h8-18,20-25H,2-7,19,26H2,1H3;(H,5,6,7)/q+1;/p-1/b9-8-;. The predicted molar refractivity (Wildman–Crippen MR) is 153 cm³/mol. The summed E-state index contributed by atoms with van der Waals surface area (Å²) in [5, 5.41) is 4.45. The first-order valence-corrected chi connectivity index (χ1v) is 16.2. The third-order valence-corrected chi connectivity index (χ3v) is 11.2. The topological polar surface area (TPSA) is 57.2 Å². The SMILES string of the molecule is CCCCCCC/C=C\CC[P+](c1ccccc1)(c1ccccc1)c1ccccc1.O=S(=O)([O-])C(F)(F)F. The fourth-order valence-electron chi connectivity index (χ4n) is 4.25. The van der Waals surface area contributed by atoms with Crippen molar-refractivity contribution < 1.29 is 26.1 Å². The van der Waals surface area contributed by atoms with Crippen LogP contribution < -0.4 is 15.9 Å². The Labute approximate surface area is 225 Å². The van der Waals surface area contributed by atoms with E-state index in [0.717, 1.165) is 6.42 Å². The van der Waals surface area contributed by atoms with Crippen molar-refractivity contribution in [2.75, 3.05) is 6.16 Å². The Hall–Kier alpha value is -2.47. The summed E-state index contributed by atoms with van der Waals surface area (Å²) in [5.74, 6) is 0. The van der Waals surface area contributed by atoms with Crippen molar-refractivity contribution >= 4 is 33.3 Å². The third-order valence-electron chi connectivity index (χ3n) is 6.15. The molecule has 0 unspecified atom stereocenters. The predicted octanol–water partition coefficient (Wildman–Crippen LogP) is 7.34. The van der Waals surface area contributed by atoms with Crippen molar-refractivity contribution in [1.82, 2.24) is 0 Å². The smallest absolute Gasteiger partial charge is 0.485 e. The van der Waals surface area contributed by atoms with Gasteiger partial charge in [0, 0.05) is 6.42 Å². The second-order valence-corrected chi connectivity index (χ2v) is 13.9. The van der Waals surface area contributed by atoms with Crippen molar-refractivity contribution in [3.05, 3.63) is 103 Å². The van der Waals surface area contributed by atoms with E-state index >= 15 is 0 Å². The van der Waals surface area contributed by atoms with Gasteiger partial charge in [-0.25, -0.2) is 8.42 Å². The van der Waals surface area contributed by atoms with Gasteiger partial charge in [-0.2, -0.15) is 13.2 Å². The van der Waals surface area contributed by atoms with Crippen LogP contribution in [0.1, 0.15) is 51.9 Å². The summed E-state index contributed by atoms with van der Waals surface area (Å²) < 4.78 is 58.9. The highest BCUT2D eigenvalue weighted by atomic mass is 32.2. The lowest BCUT2D eigenvalue weighted by atomic mass is 10.1. The van der Waals surface area contributed by atoms with Gasteiger partial charge in [0.2, 0.25) is 0 Å². The minimum atomic E-state index is -6.09. The largest absolute Gasteiger partial charge is 0.741 e. The van der Waals surface area contributed by atoms with E-state index < -0.39 is 22.9 Å². The summed E-state index contributed by atoms with van der Waals surface area (Å²) in [6, 6.07) is 33.6. The van der Waals surface area contributed by atoms with Gasteiger partial charge in [-0.05, 0) is 49.2 Å². The molecule has 38 heavy (non-hydrogen) atoms. The first-order valence-electron chi connectivity index (χ1n) is 12.8. The third kappa shape index (κ3) is 9.68. The number of allylic oxidation sites excluding steroid dienone is 2. The zero-order chi connectivity index (χ0) is 27.9. The van der Waals surface area contributed by atoms with E-state index in [2.05, 4.69) is 110 Å². The van der Waals surface area contributed by atoms with Gasteiger partial charge < -0.3 is 4.55 Å². The number of unbranched alkanes of at least 4 members (excludes halogenated alkanes) is 5. The monoisotopic (exact) mass is 564 g/mol. The zero-order valence-corrected chi connectivity index (χ0v) is 23.4. The Bertz CT molecular complexity index is 1090. The summed E-state index contributed by atoms with van der Waals surface area (Å²) in [4.78, 5) is 0. The maximum atomic E-state index is 10.7. The molecular weight excluding hydrogens is 528 g/mol. The van der Waals surface area contributed by atoms with Gasteiger partial charge in [0.25, 0.3) is 0 Å². The summed E-state index contributed by atoms with van der Waals surface area (Å²) in [5.41, 5.74) is -5.65. The van der Waals surface area contributed by atoms with Crippen LogP contribution in [0.4, 0.5) is 13.2 Å². The number of hydrogen-bond donors (Lipinski definition) is 0. The molecule has 3 nitrogen and oxygen atoms in total. The molecular formula is C30H36F3O3PS. The molecule has 0 fully saturated rings. The van der Waals surface area contributed by atoms with Crippen molar-refractivity contribution in [2.24, 2.45) is 0 Å². The fraction of sp³-hybridized carbons (Fsp3) is 0.333. The van der Waals surface area contributed by atoms with Gasteiger partial charge in [-0.15, -0.1) is 0 Å². The Kier molecular flexibility index (Phi) is 13.2. The van der Waals surface area contributed by atoms with Crippen molar-refractivity contribution in [2.45, 2.75) is 57.4 Å². The van der Waals surface area contributed by atoms with E-state index in [-0.39, 0.29) is 0 Å². The molecule has 3 aromatic carbocycles. The maximum absolute atomic E-state index is 10.7. The summed E-state index contributed by atoms with van der Waals surface area (Å²) in [7, 11) is -7.77. The van der Waals surface area contributed by atoms with Crippen LogP contribution in [0.25, 0.3) is 0 Å². The second kappa shape index (κ2) is 15.8. The quantitative estimate of drug-likeness (QED) is 0.0761. The molecule has 0 aliphatic heterocycles. The van der Waals surface area contributed by atoms with Gasteiger partial charge in [-0.1, -0.05) is 99.4 Å². The highest BCUT2D eigenvalue weighted by Gasteiger charge is 2.44. The van der Waals surface area contributed by atoms with Gasteiger partial charge in [0.1, 0.15) is 23.2 Å². The van der Waals surface area contributed by atoms with E-state index in [1.54, 1.807) is 0 Å². The summed E-state index contributed by atoms with van der Waals surface area (Å²) in [6.07, 6.45) is 15.2. The molecule has 0 heterocycles. The number of hydrogen-bond acceptors (Lipinski definition) is 3. The molecule has 0 bridgehead atoms. The molecule has 0 N–H and O–H groups in total. The zero-order valence-electron chi connectivity index (χ0n) is 21.7. The Balaban J connectivity index is 0.000000550. The number of rotatable bonds is 12. The Morgan fingerprint density at radius 1 is 0.684 bits per heavy atom. The first-order chi connectivity index (χ1) is 18.1. The molecule has 0 aromatic heterocycles. The molecule has 0 atom stereocenters. The number of benzene rings is 3. The second-order valence-electron chi connectivity index (χ2n) is 8.90. The highest BCUT2D eigenvalue weighted by Crippen LogP contribution is 2.55. The molecule has 3 rings (SSSR count). The molecule has 0 aliphatic carbocycles. The first kappa shape index (κ1) is 31.7. The Morgan fingerprint density at radius 3 is 1.42 bits per heavy atom. The van der Waals surface area contributed by atoms with Crippen molar-refractivity contribution in [3.8, 4) is 0 Å². The fourth-order valence-corrected chi connectivity index (χ4v) is 8.50. The van der Waals surface area contributed by atoms with Crippen molar-refractivity contribution in [1.29, 1.82) is 0 Å². The lowest BCUT2D eigenvalue weighted by molar-refractivity contribution is -0.0517. The van der Waals surface area contributed by atoms with Gasteiger partial charge in [0.15, 0.2) is 10.1 Å². The summed E-state index contributed by atoms with van der Waals surface area (Å²) in [6.45, 7) is 2.28. The van der Waals surface area contributed by atoms with Crippen LogP contribution in [0.2, 0.25) is 0 Å². The molecule has 3 aromatic rings. The number of halogens is 3. The van der Waals surface area contributed by atoms with Crippen LogP contribution in [-0.4, -0.2) is 24.6 Å². The molecule has 0 amide bonds. The van der Waals surface area contributed by atoms with E-state index in [4.69, 9.17) is 13.0 Å². The average Bonchev–Trinajstić information content (AvgIpc) is 2.91. The molecule has 0 radical (unpaired) electrons. The summed E-state index contributed by atoms with van der Waals surface area (Å²) >= 11 is 0. The minimum Gasteiger partial charge on any atom is -0.741 e. The van der Waals surface area contributed by atoms with Gasteiger partial charge in [-0.3, -0.25) is 0 Å². The van der Waals surface area contributed by atoms with Crippen LogP contribution in [0.5, 0.6) is 0 Å². The van der Waals surface area contributed by atoms with Gasteiger partial charge in [0.05, 0.1) is 6.16 Å². The molecule has 0 saturated carbocycles. The minimum absolute atomic E-state index is 1.13. The highest BCUT2D eigenvalue weighted by molar-refractivity contribution is 7.95. The molecule has 206 valence electrons. The molecule has 0 aliphatic rings. The maximum Gasteiger partial charge on any atom is 0.485 e. The van der Waals surface area contributed by atoms with E-state index in [0.29, 0.717) is 0 Å². The average molecular weight is 565 g/mol. The lowest BCUT2D eigenvalue weighted by Crippen LogP contribution is -2.33. The number of alkyl halides is 3. The van der Waals surface area contributed by atoms with Gasteiger partial charge >= 0.3 is 5.51 Å². The Morgan fingerprint density at radius 2 is 1.05 bits per heavy atom. The van der Waals surface area contributed by atoms with Crippen LogP contribution in [0.3, 0.4) is 0 Å². The van der Waals surface area contributed by atoms with Crippen LogP contribution >= 0.6 is 7.26 Å².